The van der Waals surface area contributed by atoms with Crippen molar-refractivity contribution in [3.05, 3.63) is 35.9 Å². The van der Waals surface area contributed by atoms with Crippen molar-refractivity contribution >= 4 is 7.60 Å². The van der Waals surface area contributed by atoms with Crippen molar-refractivity contribution in [1.82, 2.24) is 0 Å². The van der Waals surface area contributed by atoms with E-state index < -0.39 is 13.4 Å². The van der Waals surface area contributed by atoms with Gasteiger partial charge in [-0.15, -0.1) is 0 Å². The van der Waals surface area contributed by atoms with Crippen molar-refractivity contribution in [2.24, 2.45) is 0 Å². The number of aliphatic hydroxyl groups excluding tert-OH is 1. The van der Waals surface area contributed by atoms with Crippen LogP contribution in [-0.2, 0) is 13.6 Å². The van der Waals surface area contributed by atoms with Crippen molar-refractivity contribution in [2.45, 2.75) is 18.7 Å². The van der Waals surface area contributed by atoms with Crippen LogP contribution in [-0.4, -0.2) is 25.2 Å². The first kappa shape index (κ1) is 13.4. The first-order valence-corrected chi connectivity index (χ1v) is 6.60. The molecular weight excluding hydrogens is 227 g/mol. The van der Waals surface area contributed by atoms with Crippen LogP contribution >= 0.6 is 7.60 Å². The van der Waals surface area contributed by atoms with Gasteiger partial charge in [0.2, 0.25) is 0 Å². The van der Waals surface area contributed by atoms with Crippen LogP contribution in [0, 0.1) is 0 Å². The standard InChI is InChI=1S/C11H17O4P/c1-9(10-7-5-4-6-8-10)11(12)16(13,14-2)15-3/h4-9,11-12H,1-3H3/t9-,11+/m0/s1. The zero-order valence-electron chi connectivity index (χ0n) is 9.66. The summed E-state index contributed by atoms with van der Waals surface area (Å²) in [6.07, 6.45) is 0. The maximum atomic E-state index is 12.0. The quantitative estimate of drug-likeness (QED) is 0.809. The highest BCUT2D eigenvalue weighted by molar-refractivity contribution is 7.54. The fourth-order valence-electron chi connectivity index (χ4n) is 1.49. The summed E-state index contributed by atoms with van der Waals surface area (Å²) in [7, 11) is -0.900. The average molecular weight is 244 g/mol. The first-order valence-electron chi connectivity index (χ1n) is 4.99. The van der Waals surface area contributed by atoms with Gasteiger partial charge in [-0.2, -0.15) is 0 Å². The SMILES string of the molecule is COP(=O)(OC)[C@@H](O)[C@@H](C)c1ccccc1. The van der Waals surface area contributed by atoms with E-state index in [1.807, 2.05) is 30.3 Å². The molecule has 90 valence electrons. The molecule has 1 aromatic rings. The van der Waals surface area contributed by atoms with E-state index in [1.165, 1.54) is 14.2 Å². The van der Waals surface area contributed by atoms with Crippen LogP contribution in [0.5, 0.6) is 0 Å². The lowest BCUT2D eigenvalue weighted by molar-refractivity contribution is 0.158. The van der Waals surface area contributed by atoms with Crippen LogP contribution in [0.15, 0.2) is 30.3 Å². The zero-order chi connectivity index (χ0) is 12.2. The zero-order valence-corrected chi connectivity index (χ0v) is 10.6. The Morgan fingerprint density at radius 3 is 2.12 bits per heavy atom. The molecule has 0 aromatic heterocycles. The fourth-order valence-corrected chi connectivity index (χ4v) is 2.79. The van der Waals surface area contributed by atoms with Gasteiger partial charge in [0.1, 0.15) is 0 Å². The van der Waals surface area contributed by atoms with E-state index >= 15 is 0 Å². The van der Waals surface area contributed by atoms with Gasteiger partial charge in [0.05, 0.1) is 0 Å². The molecule has 0 fully saturated rings. The van der Waals surface area contributed by atoms with Crippen LogP contribution in [0.4, 0.5) is 0 Å². The molecule has 0 aliphatic carbocycles. The topological polar surface area (TPSA) is 55.8 Å². The molecule has 0 saturated heterocycles. The normalized spacial score (nSPS) is 15.8. The second-order valence-electron chi connectivity index (χ2n) is 3.52. The number of hydrogen-bond donors (Lipinski definition) is 1. The van der Waals surface area contributed by atoms with Crippen molar-refractivity contribution in [2.75, 3.05) is 14.2 Å². The summed E-state index contributed by atoms with van der Waals surface area (Å²) in [5.74, 6) is -1.48. The predicted molar refractivity (Wildman–Crippen MR) is 62.5 cm³/mol. The third-order valence-corrected chi connectivity index (χ3v) is 4.72. The maximum absolute atomic E-state index is 12.0. The monoisotopic (exact) mass is 244 g/mol. The molecule has 1 aromatic carbocycles. The van der Waals surface area contributed by atoms with E-state index in [1.54, 1.807) is 6.92 Å². The summed E-state index contributed by atoms with van der Waals surface area (Å²) < 4.78 is 21.5. The maximum Gasteiger partial charge on any atom is 0.358 e. The van der Waals surface area contributed by atoms with Gasteiger partial charge in [0.25, 0.3) is 0 Å². The molecule has 0 amide bonds. The summed E-state index contributed by atoms with van der Waals surface area (Å²) in [6.45, 7) is 1.78. The van der Waals surface area contributed by atoms with Gasteiger partial charge in [0.15, 0.2) is 5.85 Å². The molecule has 0 radical (unpaired) electrons. The minimum Gasteiger partial charge on any atom is -0.380 e. The second kappa shape index (κ2) is 5.60. The average Bonchev–Trinajstić information content (AvgIpc) is 2.37. The second-order valence-corrected chi connectivity index (χ2v) is 5.86. The molecule has 0 spiro atoms. The summed E-state index contributed by atoms with van der Waals surface area (Å²) in [4.78, 5) is 0. The Bertz CT molecular complexity index is 358. The Labute approximate surface area is 95.7 Å². The molecule has 0 saturated carbocycles. The lowest BCUT2D eigenvalue weighted by Gasteiger charge is -2.25. The number of benzene rings is 1. The van der Waals surface area contributed by atoms with E-state index in [0.717, 1.165) is 5.56 Å². The van der Waals surface area contributed by atoms with E-state index in [2.05, 4.69) is 0 Å². The van der Waals surface area contributed by atoms with Crippen LogP contribution < -0.4 is 0 Å². The van der Waals surface area contributed by atoms with Gasteiger partial charge in [0, 0.05) is 20.1 Å². The predicted octanol–water partition coefficient (Wildman–Crippen LogP) is 2.59. The van der Waals surface area contributed by atoms with Crippen molar-refractivity contribution in [3.8, 4) is 0 Å². The fraction of sp³-hybridized carbons (Fsp3) is 0.455. The molecule has 0 aliphatic rings. The van der Waals surface area contributed by atoms with Crippen LogP contribution in [0.2, 0.25) is 0 Å². The lowest BCUT2D eigenvalue weighted by Crippen LogP contribution is -2.18. The number of rotatable bonds is 5. The molecule has 0 unspecified atom stereocenters. The van der Waals surface area contributed by atoms with Crippen molar-refractivity contribution < 1.29 is 18.7 Å². The highest BCUT2D eigenvalue weighted by Crippen LogP contribution is 2.54. The molecule has 5 heteroatoms. The Balaban J connectivity index is 2.90. The first-order chi connectivity index (χ1) is 7.55. The Morgan fingerprint density at radius 1 is 1.19 bits per heavy atom. The summed E-state index contributed by atoms with van der Waals surface area (Å²) in [6, 6.07) is 9.34. The van der Waals surface area contributed by atoms with Gasteiger partial charge in [-0.25, -0.2) is 0 Å². The van der Waals surface area contributed by atoms with Crippen molar-refractivity contribution in [3.63, 3.8) is 0 Å². The summed E-state index contributed by atoms with van der Waals surface area (Å²) in [5.41, 5.74) is 0.893. The van der Waals surface area contributed by atoms with E-state index in [4.69, 9.17) is 9.05 Å². The Morgan fingerprint density at radius 2 is 1.69 bits per heavy atom. The number of aliphatic hydroxyl groups is 1. The van der Waals surface area contributed by atoms with Crippen LogP contribution in [0.3, 0.4) is 0 Å². The van der Waals surface area contributed by atoms with E-state index in [-0.39, 0.29) is 5.92 Å². The largest absolute Gasteiger partial charge is 0.380 e. The third-order valence-electron chi connectivity index (χ3n) is 2.61. The molecule has 0 heterocycles. The van der Waals surface area contributed by atoms with Crippen LogP contribution in [0.25, 0.3) is 0 Å². The molecule has 4 nitrogen and oxygen atoms in total. The molecule has 2 atom stereocenters. The van der Waals surface area contributed by atoms with E-state index in [9.17, 15) is 9.67 Å². The van der Waals surface area contributed by atoms with Gasteiger partial charge in [-0.3, -0.25) is 4.57 Å². The van der Waals surface area contributed by atoms with Gasteiger partial charge >= 0.3 is 7.60 Å². The van der Waals surface area contributed by atoms with E-state index in [0.29, 0.717) is 0 Å². The highest BCUT2D eigenvalue weighted by Gasteiger charge is 2.36. The molecule has 1 rings (SSSR count). The smallest absolute Gasteiger partial charge is 0.358 e. The number of hydrogen-bond acceptors (Lipinski definition) is 4. The highest BCUT2D eigenvalue weighted by atomic mass is 31.2. The molecular formula is C11H17O4P. The minimum atomic E-state index is -3.44. The minimum absolute atomic E-state index is 0.313. The molecule has 0 aliphatic heterocycles. The Kier molecular flexibility index (Phi) is 4.69. The van der Waals surface area contributed by atoms with Gasteiger partial charge in [-0.05, 0) is 5.56 Å². The molecule has 1 N–H and O–H groups in total. The summed E-state index contributed by atoms with van der Waals surface area (Å²) >= 11 is 0. The lowest BCUT2D eigenvalue weighted by atomic mass is 10.0. The van der Waals surface area contributed by atoms with Crippen LogP contribution in [0.1, 0.15) is 18.4 Å². The Hall–Kier alpha value is -0.670. The molecule has 0 bridgehead atoms. The van der Waals surface area contributed by atoms with Crippen molar-refractivity contribution in [1.29, 1.82) is 0 Å². The van der Waals surface area contributed by atoms with Gasteiger partial charge < -0.3 is 14.2 Å². The molecule has 16 heavy (non-hydrogen) atoms. The van der Waals surface area contributed by atoms with Gasteiger partial charge in [-0.1, -0.05) is 37.3 Å². The summed E-state index contributed by atoms with van der Waals surface area (Å²) in [5, 5.41) is 9.98. The third kappa shape index (κ3) is 2.71.